The molecule has 1 aromatic carbocycles. The molecule has 3 fully saturated rings. The second-order valence-corrected chi connectivity index (χ2v) is 8.07. The molecule has 0 saturated heterocycles. The van der Waals surface area contributed by atoms with E-state index in [0.717, 1.165) is 11.5 Å². The zero-order valence-electron chi connectivity index (χ0n) is 13.0. The van der Waals surface area contributed by atoms with Crippen LogP contribution < -0.4 is 0 Å². The first kappa shape index (κ1) is 15.4. The summed E-state index contributed by atoms with van der Waals surface area (Å²) >= 11 is 3.27. The number of halogens is 2. The van der Waals surface area contributed by atoms with Gasteiger partial charge in [-0.15, -0.1) is 0 Å². The first-order valence-corrected chi connectivity index (χ1v) is 9.22. The molecule has 122 valence electrons. The van der Waals surface area contributed by atoms with E-state index in [2.05, 4.69) is 15.9 Å². The molecule has 0 radical (unpaired) electrons. The third-order valence-corrected chi connectivity index (χ3v) is 6.73. The van der Waals surface area contributed by atoms with Gasteiger partial charge in [0.25, 0.3) is 0 Å². The summed E-state index contributed by atoms with van der Waals surface area (Å²) in [6.45, 7) is 0.512. The molecule has 4 heteroatoms. The summed E-state index contributed by atoms with van der Waals surface area (Å²) in [6, 6.07) is 3.18. The zero-order chi connectivity index (χ0) is 16.0. The van der Waals surface area contributed by atoms with E-state index in [-0.39, 0.29) is 17.2 Å². The van der Waals surface area contributed by atoms with E-state index >= 15 is 0 Å². The van der Waals surface area contributed by atoms with Gasteiger partial charge in [0.05, 0.1) is 16.7 Å². The van der Waals surface area contributed by atoms with Gasteiger partial charge in [0.15, 0.2) is 0 Å². The molecule has 4 aliphatic carbocycles. The summed E-state index contributed by atoms with van der Waals surface area (Å²) in [4.78, 5) is 12.6. The molecule has 0 aliphatic heterocycles. The van der Waals surface area contributed by atoms with Crippen LogP contribution in [0.5, 0.6) is 0 Å². The van der Waals surface area contributed by atoms with Crippen molar-refractivity contribution < 1.29 is 13.9 Å². The smallest absolute Gasteiger partial charge is 0.338 e. The molecule has 4 aliphatic rings. The Labute approximate surface area is 144 Å². The van der Waals surface area contributed by atoms with Crippen LogP contribution in [0.1, 0.15) is 49.7 Å². The largest absolute Gasteiger partial charge is 0.461 e. The van der Waals surface area contributed by atoms with E-state index in [4.69, 9.17) is 4.74 Å². The molecule has 3 saturated carbocycles. The Morgan fingerprint density at radius 1 is 1.26 bits per heavy atom. The molecule has 0 N–H and O–H groups in total. The Morgan fingerprint density at radius 3 is 2.65 bits per heavy atom. The van der Waals surface area contributed by atoms with Gasteiger partial charge in [0.2, 0.25) is 0 Å². The summed E-state index contributed by atoms with van der Waals surface area (Å²) in [6.07, 6.45) is 9.88. The van der Waals surface area contributed by atoms with Crippen LogP contribution in [0.15, 0.2) is 22.7 Å². The summed E-state index contributed by atoms with van der Waals surface area (Å²) in [5, 5.41) is 0. The first-order valence-electron chi connectivity index (χ1n) is 8.43. The van der Waals surface area contributed by atoms with Crippen LogP contribution in [0.4, 0.5) is 4.39 Å². The van der Waals surface area contributed by atoms with Crippen molar-refractivity contribution in [1.82, 2.24) is 0 Å². The lowest BCUT2D eigenvalue weighted by Gasteiger charge is -2.46. The number of ether oxygens (including phenoxy) is 1. The van der Waals surface area contributed by atoms with Gasteiger partial charge in [-0.05, 0) is 78.4 Å². The van der Waals surface area contributed by atoms with Gasteiger partial charge < -0.3 is 4.74 Å². The van der Waals surface area contributed by atoms with E-state index in [1.54, 1.807) is 6.07 Å². The zero-order valence-corrected chi connectivity index (χ0v) is 14.6. The van der Waals surface area contributed by atoms with Crippen LogP contribution in [-0.4, -0.2) is 12.6 Å². The number of allylic oxidation sites excluding steroid dienone is 1. The van der Waals surface area contributed by atoms with Crippen LogP contribution in [0, 0.1) is 17.2 Å². The van der Waals surface area contributed by atoms with Crippen LogP contribution in [0.25, 0.3) is 5.57 Å². The van der Waals surface area contributed by atoms with E-state index < -0.39 is 0 Å². The number of hydrogen-bond acceptors (Lipinski definition) is 2. The van der Waals surface area contributed by atoms with Crippen molar-refractivity contribution in [2.45, 2.75) is 44.9 Å². The standard InChI is InChI=1S/C19H20BrFO2/c20-17-15(21)4-2-13-1-3-14(16(13)17)18(22)23-11-19-8-5-12(6-9-19)7-10-19/h2-4,12H,1,5-11H2. The van der Waals surface area contributed by atoms with E-state index in [0.29, 0.717) is 28.6 Å². The molecule has 0 aromatic heterocycles. The molecule has 0 unspecified atom stereocenters. The Balaban J connectivity index is 1.48. The predicted octanol–water partition coefficient (Wildman–Crippen LogP) is 5.04. The van der Waals surface area contributed by atoms with Gasteiger partial charge >= 0.3 is 5.97 Å². The predicted molar refractivity (Wildman–Crippen MR) is 90.4 cm³/mol. The number of hydrogen-bond donors (Lipinski definition) is 0. The number of carbonyl (C=O) groups excluding carboxylic acids is 1. The highest BCUT2D eigenvalue weighted by Gasteiger charge is 2.41. The summed E-state index contributed by atoms with van der Waals surface area (Å²) in [5.74, 6) is 0.251. The lowest BCUT2D eigenvalue weighted by atomic mass is 9.61. The van der Waals surface area contributed by atoms with Gasteiger partial charge in [0, 0.05) is 11.0 Å². The average Bonchev–Trinajstić information content (AvgIpc) is 3.03. The minimum atomic E-state index is -0.339. The summed E-state index contributed by atoms with van der Waals surface area (Å²) in [5.41, 5.74) is 2.35. The van der Waals surface area contributed by atoms with E-state index in [1.807, 2.05) is 6.08 Å². The molecule has 23 heavy (non-hydrogen) atoms. The minimum absolute atomic E-state index is 0.200. The maximum absolute atomic E-state index is 13.8. The number of rotatable bonds is 3. The van der Waals surface area contributed by atoms with Crippen molar-refractivity contribution in [2.24, 2.45) is 11.3 Å². The third kappa shape index (κ3) is 2.65. The maximum Gasteiger partial charge on any atom is 0.338 e. The van der Waals surface area contributed by atoms with Crippen LogP contribution in [0.3, 0.4) is 0 Å². The number of esters is 1. The first-order chi connectivity index (χ1) is 11.1. The van der Waals surface area contributed by atoms with Crippen LogP contribution >= 0.6 is 15.9 Å². The normalized spacial score (nSPS) is 28.4. The number of fused-ring (bicyclic) bond motifs is 4. The molecule has 0 atom stereocenters. The van der Waals surface area contributed by atoms with Crippen molar-refractivity contribution in [3.8, 4) is 0 Å². The molecule has 2 nitrogen and oxygen atoms in total. The second-order valence-electron chi connectivity index (χ2n) is 7.28. The monoisotopic (exact) mass is 378 g/mol. The fraction of sp³-hybridized carbons (Fsp3) is 0.526. The molecular weight excluding hydrogens is 359 g/mol. The highest BCUT2D eigenvalue weighted by molar-refractivity contribution is 9.10. The Morgan fingerprint density at radius 2 is 1.96 bits per heavy atom. The van der Waals surface area contributed by atoms with E-state index in [1.165, 1.54) is 44.6 Å². The SMILES string of the molecule is O=C(OCC12CCC(CC1)CC2)C1=CCc2ccc(F)c(Br)c21. The second kappa shape index (κ2) is 5.73. The Kier molecular flexibility index (Phi) is 3.83. The van der Waals surface area contributed by atoms with Crippen molar-refractivity contribution in [2.75, 3.05) is 6.61 Å². The molecular formula is C19H20BrFO2. The third-order valence-electron chi connectivity index (χ3n) is 5.95. The van der Waals surface area contributed by atoms with Gasteiger partial charge in [-0.25, -0.2) is 9.18 Å². The highest BCUT2D eigenvalue weighted by atomic mass is 79.9. The summed E-state index contributed by atoms with van der Waals surface area (Å²) < 4.78 is 19.8. The van der Waals surface area contributed by atoms with Crippen molar-refractivity contribution in [3.05, 3.63) is 39.6 Å². The van der Waals surface area contributed by atoms with Gasteiger partial charge in [-0.1, -0.05) is 12.1 Å². The lowest BCUT2D eigenvalue weighted by Crippen LogP contribution is -2.38. The Bertz CT molecular complexity index is 673. The lowest BCUT2D eigenvalue weighted by molar-refractivity contribution is -0.142. The molecule has 0 spiro atoms. The molecule has 5 rings (SSSR count). The van der Waals surface area contributed by atoms with E-state index in [9.17, 15) is 9.18 Å². The molecule has 1 aromatic rings. The number of benzene rings is 1. The van der Waals surface area contributed by atoms with Crippen LogP contribution in [0.2, 0.25) is 0 Å². The average molecular weight is 379 g/mol. The fourth-order valence-corrected chi connectivity index (χ4v) is 5.00. The fourth-order valence-electron chi connectivity index (χ4n) is 4.40. The van der Waals surface area contributed by atoms with Crippen molar-refractivity contribution in [1.29, 1.82) is 0 Å². The Hall–Kier alpha value is -1.16. The quantitative estimate of drug-likeness (QED) is 0.688. The minimum Gasteiger partial charge on any atom is -0.461 e. The van der Waals surface area contributed by atoms with Crippen molar-refractivity contribution >= 4 is 27.5 Å². The van der Waals surface area contributed by atoms with Crippen molar-refractivity contribution in [3.63, 3.8) is 0 Å². The van der Waals surface area contributed by atoms with Gasteiger partial charge in [-0.3, -0.25) is 0 Å². The van der Waals surface area contributed by atoms with Crippen LogP contribution in [-0.2, 0) is 16.0 Å². The maximum atomic E-state index is 13.8. The topological polar surface area (TPSA) is 26.3 Å². The molecule has 0 heterocycles. The van der Waals surface area contributed by atoms with Gasteiger partial charge in [-0.2, -0.15) is 0 Å². The molecule has 2 bridgehead atoms. The van der Waals surface area contributed by atoms with Gasteiger partial charge in [0.1, 0.15) is 5.82 Å². The molecule has 0 amide bonds. The number of carbonyl (C=O) groups is 1. The highest BCUT2D eigenvalue weighted by Crippen LogP contribution is 2.50. The summed E-state index contributed by atoms with van der Waals surface area (Å²) in [7, 11) is 0.